The molecule has 0 amide bonds. The maximum Gasteiger partial charge on any atom is 0.348 e. The van der Waals surface area contributed by atoms with Crippen LogP contribution in [0.3, 0.4) is 0 Å². The summed E-state index contributed by atoms with van der Waals surface area (Å²) in [5, 5.41) is 4.44. The molecule has 2 aromatic heterocycles. The van der Waals surface area contributed by atoms with Gasteiger partial charge in [-0.1, -0.05) is 23.8 Å². The third kappa shape index (κ3) is 3.59. The van der Waals surface area contributed by atoms with Crippen LogP contribution < -0.4 is 15.7 Å². The summed E-state index contributed by atoms with van der Waals surface area (Å²) < 4.78 is 22.4. The van der Waals surface area contributed by atoms with Crippen molar-refractivity contribution in [3.05, 3.63) is 58.4 Å². The van der Waals surface area contributed by atoms with Crippen LogP contribution in [0.25, 0.3) is 33.1 Å². The fourth-order valence-corrected chi connectivity index (χ4v) is 3.43. The molecule has 0 aliphatic carbocycles. The molecule has 0 saturated heterocycles. The van der Waals surface area contributed by atoms with E-state index in [4.69, 9.17) is 18.3 Å². The molecule has 2 aromatic carbocycles. The highest BCUT2D eigenvalue weighted by atomic mass is 16.5. The van der Waals surface area contributed by atoms with Gasteiger partial charge in [-0.05, 0) is 43.7 Å². The summed E-state index contributed by atoms with van der Waals surface area (Å²) in [5.41, 5.74) is 3.17. The zero-order valence-corrected chi connectivity index (χ0v) is 16.7. The monoisotopic (exact) mass is 393 g/mol. The standard InChI is InChI=1S/C23H23NO5/c1-4-27-16-8-6-15(7-9-16)19-20-21(29-22(19)24-11-12-26-3)17-13-14(2)5-10-18(17)28-23(20)25/h5-10,13,24H,4,11-12H2,1-3H3. The van der Waals surface area contributed by atoms with Gasteiger partial charge in [-0.2, -0.15) is 0 Å². The second-order valence-electron chi connectivity index (χ2n) is 6.78. The van der Waals surface area contributed by atoms with E-state index in [2.05, 4.69) is 5.32 Å². The minimum Gasteiger partial charge on any atom is -0.494 e. The summed E-state index contributed by atoms with van der Waals surface area (Å²) in [6.07, 6.45) is 0. The Kier molecular flexibility index (Phi) is 5.27. The summed E-state index contributed by atoms with van der Waals surface area (Å²) in [4.78, 5) is 12.9. The third-order valence-electron chi connectivity index (χ3n) is 4.74. The molecular formula is C23H23NO5. The van der Waals surface area contributed by atoms with Crippen molar-refractivity contribution in [2.24, 2.45) is 0 Å². The Morgan fingerprint density at radius 1 is 1.07 bits per heavy atom. The van der Waals surface area contributed by atoms with Crippen LogP contribution in [0, 0.1) is 6.92 Å². The quantitative estimate of drug-likeness (QED) is 0.353. The summed E-state index contributed by atoms with van der Waals surface area (Å²) in [6.45, 7) is 5.57. The summed E-state index contributed by atoms with van der Waals surface area (Å²) in [6, 6.07) is 13.2. The van der Waals surface area contributed by atoms with Gasteiger partial charge in [0.25, 0.3) is 0 Å². The second kappa shape index (κ2) is 8.01. The van der Waals surface area contributed by atoms with Crippen molar-refractivity contribution in [3.63, 3.8) is 0 Å². The lowest BCUT2D eigenvalue weighted by molar-refractivity contribution is 0.210. The van der Waals surface area contributed by atoms with Gasteiger partial charge in [-0.25, -0.2) is 4.79 Å². The van der Waals surface area contributed by atoms with Crippen LogP contribution in [0.2, 0.25) is 0 Å². The van der Waals surface area contributed by atoms with Gasteiger partial charge in [0.2, 0.25) is 5.88 Å². The molecular weight excluding hydrogens is 370 g/mol. The molecule has 0 saturated carbocycles. The van der Waals surface area contributed by atoms with Crippen molar-refractivity contribution >= 4 is 27.8 Å². The minimum absolute atomic E-state index is 0.423. The van der Waals surface area contributed by atoms with E-state index in [0.29, 0.717) is 47.8 Å². The van der Waals surface area contributed by atoms with Crippen LogP contribution in [-0.2, 0) is 4.74 Å². The number of hydrogen-bond acceptors (Lipinski definition) is 6. The highest BCUT2D eigenvalue weighted by molar-refractivity contribution is 6.09. The normalized spacial score (nSPS) is 11.3. The first-order valence-corrected chi connectivity index (χ1v) is 9.58. The number of ether oxygens (including phenoxy) is 2. The van der Waals surface area contributed by atoms with Crippen LogP contribution in [0.4, 0.5) is 5.88 Å². The van der Waals surface area contributed by atoms with E-state index in [9.17, 15) is 4.79 Å². The number of nitrogens with one attached hydrogen (secondary N) is 1. The fraction of sp³-hybridized carbons (Fsp3) is 0.261. The predicted molar refractivity (Wildman–Crippen MR) is 114 cm³/mol. The molecule has 0 radical (unpaired) electrons. The van der Waals surface area contributed by atoms with Crippen molar-refractivity contribution in [2.45, 2.75) is 13.8 Å². The van der Waals surface area contributed by atoms with Crippen LogP contribution in [0.15, 0.2) is 56.1 Å². The molecule has 6 heteroatoms. The fourth-order valence-electron chi connectivity index (χ4n) is 3.43. The Balaban J connectivity index is 1.96. The molecule has 0 atom stereocenters. The molecule has 29 heavy (non-hydrogen) atoms. The van der Waals surface area contributed by atoms with E-state index >= 15 is 0 Å². The molecule has 4 rings (SSSR count). The van der Waals surface area contributed by atoms with Crippen molar-refractivity contribution in [3.8, 4) is 16.9 Å². The highest BCUT2D eigenvalue weighted by Gasteiger charge is 2.22. The molecule has 4 aromatic rings. The molecule has 2 heterocycles. The predicted octanol–water partition coefficient (Wildman–Crippen LogP) is 4.97. The number of methoxy groups -OCH3 is 1. The second-order valence-corrected chi connectivity index (χ2v) is 6.78. The molecule has 0 aliphatic rings. The van der Waals surface area contributed by atoms with Crippen molar-refractivity contribution in [1.82, 2.24) is 0 Å². The zero-order chi connectivity index (χ0) is 20.4. The SMILES string of the molecule is CCOc1ccc(-c2c(NCCOC)oc3c2c(=O)oc2ccc(C)cc23)cc1. The molecule has 1 N–H and O–H groups in total. The minimum atomic E-state index is -0.427. The van der Waals surface area contributed by atoms with Crippen molar-refractivity contribution in [1.29, 1.82) is 0 Å². The van der Waals surface area contributed by atoms with Crippen molar-refractivity contribution < 1.29 is 18.3 Å². The number of hydrogen-bond donors (Lipinski definition) is 1. The lowest BCUT2D eigenvalue weighted by atomic mass is 10.0. The Hall–Kier alpha value is -3.25. The summed E-state index contributed by atoms with van der Waals surface area (Å²) >= 11 is 0. The summed E-state index contributed by atoms with van der Waals surface area (Å²) in [7, 11) is 1.64. The van der Waals surface area contributed by atoms with E-state index in [-0.39, 0.29) is 0 Å². The van der Waals surface area contributed by atoms with Gasteiger partial charge in [-0.15, -0.1) is 0 Å². The van der Waals surface area contributed by atoms with Gasteiger partial charge < -0.3 is 23.6 Å². The van der Waals surface area contributed by atoms with Gasteiger partial charge in [0, 0.05) is 13.7 Å². The maximum atomic E-state index is 12.9. The van der Waals surface area contributed by atoms with Gasteiger partial charge in [0.05, 0.1) is 24.2 Å². The van der Waals surface area contributed by atoms with Crippen molar-refractivity contribution in [2.75, 3.05) is 32.2 Å². The lowest BCUT2D eigenvalue weighted by Crippen LogP contribution is -2.07. The number of anilines is 1. The zero-order valence-electron chi connectivity index (χ0n) is 16.7. The number of rotatable bonds is 7. The van der Waals surface area contributed by atoms with Crippen LogP contribution in [0.1, 0.15) is 12.5 Å². The van der Waals surface area contributed by atoms with Gasteiger partial charge in [0.1, 0.15) is 16.7 Å². The largest absolute Gasteiger partial charge is 0.494 e. The molecule has 0 aliphatic heterocycles. The molecule has 150 valence electrons. The smallest absolute Gasteiger partial charge is 0.348 e. The average molecular weight is 393 g/mol. The highest BCUT2D eigenvalue weighted by Crippen LogP contribution is 2.40. The Morgan fingerprint density at radius 3 is 2.59 bits per heavy atom. The first-order chi connectivity index (χ1) is 14.1. The lowest BCUT2D eigenvalue weighted by Gasteiger charge is -2.07. The first-order valence-electron chi connectivity index (χ1n) is 9.58. The number of aryl methyl sites for hydroxylation is 1. The molecule has 0 unspecified atom stereocenters. The molecule has 0 fully saturated rings. The van der Waals surface area contributed by atoms with E-state index in [1.807, 2.05) is 50.2 Å². The van der Waals surface area contributed by atoms with E-state index < -0.39 is 5.63 Å². The maximum absolute atomic E-state index is 12.9. The van der Waals surface area contributed by atoms with Gasteiger partial charge in [0.15, 0.2) is 5.58 Å². The first kappa shape index (κ1) is 19.1. The third-order valence-corrected chi connectivity index (χ3v) is 4.74. The number of benzene rings is 2. The van der Waals surface area contributed by atoms with Crippen LogP contribution in [0.5, 0.6) is 5.75 Å². The van der Waals surface area contributed by atoms with Gasteiger partial charge >= 0.3 is 5.63 Å². The molecule has 0 spiro atoms. The Labute approximate surface area is 168 Å². The number of fused-ring (bicyclic) bond motifs is 3. The van der Waals surface area contributed by atoms with E-state index in [1.165, 1.54) is 0 Å². The number of furan rings is 1. The van der Waals surface area contributed by atoms with Crippen LogP contribution >= 0.6 is 0 Å². The van der Waals surface area contributed by atoms with E-state index in [1.54, 1.807) is 13.2 Å². The van der Waals surface area contributed by atoms with Gasteiger partial charge in [-0.3, -0.25) is 0 Å². The molecule has 0 bridgehead atoms. The van der Waals surface area contributed by atoms with Crippen LogP contribution in [-0.4, -0.2) is 26.9 Å². The molecule has 6 nitrogen and oxygen atoms in total. The topological polar surface area (TPSA) is 73.8 Å². The van der Waals surface area contributed by atoms with E-state index in [0.717, 1.165) is 22.3 Å². The Morgan fingerprint density at radius 2 is 1.86 bits per heavy atom. The Bertz CT molecular complexity index is 1200. The summed E-state index contributed by atoms with van der Waals surface area (Å²) in [5.74, 6) is 1.29. The average Bonchev–Trinajstić information content (AvgIpc) is 3.10.